The number of hydrogen-bond acceptors (Lipinski definition) is 6. The predicted molar refractivity (Wildman–Crippen MR) is 102 cm³/mol. The second-order valence-electron chi connectivity index (χ2n) is 5.98. The molecule has 6 heteroatoms. The minimum atomic E-state index is 0.106. The number of hydrogen-bond donors (Lipinski definition) is 0. The van der Waals surface area contributed by atoms with Gasteiger partial charge in [-0.1, -0.05) is 0 Å². The summed E-state index contributed by atoms with van der Waals surface area (Å²) in [7, 11) is 3.05. The molecule has 0 saturated carbocycles. The minimum Gasteiger partial charge on any atom is -0.497 e. The molecule has 2 rings (SSSR count). The molecule has 0 spiro atoms. The zero-order valence-corrected chi connectivity index (χ0v) is 15.7. The van der Waals surface area contributed by atoms with Gasteiger partial charge in [0.05, 0.1) is 64.2 Å². The quantitative estimate of drug-likeness (QED) is 0.735. The van der Waals surface area contributed by atoms with Gasteiger partial charge in [-0.25, -0.2) is 0 Å². The lowest BCUT2D eigenvalue weighted by atomic mass is 9.84. The summed E-state index contributed by atoms with van der Waals surface area (Å²) in [6.45, 7) is 0. The van der Waals surface area contributed by atoms with E-state index in [1.807, 2.05) is 0 Å². The van der Waals surface area contributed by atoms with Gasteiger partial charge in [-0.05, 0) is 57.6 Å². The predicted octanol–water partition coefficient (Wildman–Crippen LogP) is 3.64. The summed E-state index contributed by atoms with van der Waals surface area (Å²) in [5, 5.41) is 37.3. The van der Waals surface area contributed by atoms with Crippen LogP contribution in [0.15, 0.2) is 24.3 Å². The maximum atomic E-state index is 9.32. The van der Waals surface area contributed by atoms with Crippen LogP contribution < -0.4 is 9.47 Å². The Bertz CT molecular complexity index is 887. The maximum absolute atomic E-state index is 9.32. The van der Waals surface area contributed by atoms with Gasteiger partial charge in [-0.15, -0.1) is 0 Å². The van der Waals surface area contributed by atoms with Crippen LogP contribution in [0.2, 0.25) is 0 Å². The molecule has 6 nitrogen and oxygen atoms in total. The lowest BCUT2D eigenvalue weighted by molar-refractivity contribution is 0.413. The molecule has 0 amide bonds. The Labute approximate surface area is 164 Å². The van der Waals surface area contributed by atoms with Gasteiger partial charge in [0.1, 0.15) is 11.5 Å². The van der Waals surface area contributed by atoms with Gasteiger partial charge in [-0.2, -0.15) is 21.0 Å². The number of methoxy groups -OCH3 is 2. The number of rotatable bonds is 7. The Morgan fingerprint density at radius 3 is 1.00 bits per heavy atom. The average molecular weight is 370 g/mol. The van der Waals surface area contributed by atoms with E-state index in [0.29, 0.717) is 44.9 Å². The van der Waals surface area contributed by atoms with Crippen molar-refractivity contribution in [2.45, 2.75) is 25.7 Å². The molecule has 0 aromatic heterocycles. The number of ether oxygens (including phenoxy) is 2. The molecule has 0 heterocycles. The molecule has 0 unspecified atom stereocenters. The van der Waals surface area contributed by atoms with Crippen LogP contribution in [0.4, 0.5) is 0 Å². The molecule has 0 bridgehead atoms. The van der Waals surface area contributed by atoms with E-state index in [1.165, 1.54) is 14.2 Å². The lowest BCUT2D eigenvalue weighted by Crippen LogP contribution is -2.04. The van der Waals surface area contributed by atoms with Crippen LogP contribution in [0.5, 0.6) is 11.5 Å². The highest BCUT2D eigenvalue weighted by atomic mass is 16.5. The van der Waals surface area contributed by atoms with E-state index in [-0.39, 0.29) is 25.7 Å². The number of nitrogens with zero attached hydrogens (tertiary/aromatic N) is 4. The number of nitriles is 4. The van der Waals surface area contributed by atoms with Crippen LogP contribution in [0, 0.1) is 45.3 Å². The summed E-state index contributed by atoms with van der Waals surface area (Å²) < 4.78 is 10.7. The molecule has 0 radical (unpaired) electrons. The van der Waals surface area contributed by atoms with Gasteiger partial charge >= 0.3 is 0 Å². The summed E-state index contributed by atoms with van der Waals surface area (Å²) in [5.74, 6) is 1.10. The third-order valence-electron chi connectivity index (χ3n) is 4.35. The van der Waals surface area contributed by atoms with Crippen molar-refractivity contribution in [3.05, 3.63) is 46.5 Å². The fourth-order valence-corrected chi connectivity index (χ4v) is 3.25. The normalized spacial score (nSPS) is 9.50. The van der Waals surface area contributed by atoms with E-state index in [1.54, 1.807) is 24.3 Å². The first-order valence-electron chi connectivity index (χ1n) is 8.51. The average Bonchev–Trinajstić information content (AvgIpc) is 2.69. The first-order valence-corrected chi connectivity index (χ1v) is 8.51. The third-order valence-corrected chi connectivity index (χ3v) is 4.35. The second-order valence-corrected chi connectivity index (χ2v) is 5.98. The number of benzene rings is 2. The van der Waals surface area contributed by atoms with Crippen molar-refractivity contribution in [2.75, 3.05) is 14.2 Å². The monoisotopic (exact) mass is 370 g/mol. The minimum absolute atomic E-state index is 0.106. The van der Waals surface area contributed by atoms with Crippen molar-refractivity contribution in [1.82, 2.24) is 0 Å². The van der Waals surface area contributed by atoms with Crippen LogP contribution in [0.1, 0.15) is 22.3 Å². The van der Waals surface area contributed by atoms with Crippen LogP contribution in [0.25, 0.3) is 11.1 Å². The molecule has 2 aromatic rings. The van der Waals surface area contributed by atoms with Crippen molar-refractivity contribution in [2.24, 2.45) is 0 Å². The molecule has 0 aliphatic carbocycles. The molecule has 0 N–H and O–H groups in total. The Hall–Kier alpha value is -4.00. The molecule has 2 aromatic carbocycles. The molecule has 138 valence electrons. The van der Waals surface area contributed by atoms with Gasteiger partial charge in [0, 0.05) is 0 Å². The third kappa shape index (κ3) is 4.21. The molecule has 0 aliphatic rings. The Morgan fingerprint density at radius 2 is 0.821 bits per heavy atom. The van der Waals surface area contributed by atoms with E-state index in [9.17, 15) is 21.0 Å². The zero-order chi connectivity index (χ0) is 20.5. The fraction of sp³-hybridized carbons (Fsp3) is 0.273. The Kier molecular flexibility index (Phi) is 6.99. The van der Waals surface area contributed by atoms with E-state index in [2.05, 4.69) is 24.3 Å². The van der Waals surface area contributed by atoms with Gasteiger partial charge in [0.25, 0.3) is 0 Å². The Morgan fingerprint density at radius 1 is 0.571 bits per heavy atom. The molecule has 0 aliphatic heterocycles. The molecule has 0 saturated heterocycles. The van der Waals surface area contributed by atoms with Crippen LogP contribution >= 0.6 is 0 Å². The summed E-state index contributed by atoms with van der Waals surface area (Å²) in [4.78, 5) is 0. The SMILES string of the molecule is COc1cc(CC#N)c(-c2c(CC#N)cc(OC)cc2CC#N)c(CC#N)c1. The van der Waals surface area contributed by atoms with Gasteiger partial charge < -0.3 is 9.47 Å². The molecule has 0 fully saturated rings. The van der Waals surface area contributed by atoms with Crippen LogP contribution in [-0.4, -0.2) is 14.2 Å². The first-order chi connectivity index (χ1) is 13.6. The summed E-state index contributed by atoms with van der Waals surface area (Å²) in [6, 6.07) is 15.6. The van der Waals surface area contributed by atoms with E-state index in [4.69, 9.17) is 9.47 Å². The van der Waals surface area contributed by atoms with E-state index in [0.717, 1.165) is 0 Å². The fourth-order valence-electron chi connectivity index (χ4n) is 3.25. The largest absolute Gasteiger partial charge is 0.497 e. The molecule has 0 atom stereocenters. The molecule has 28 heavy (non-hydrogen) atoms. The van der Waals surface area contributed by atoms with Gasteiger partial charge in [0.2, 0.25) is 0 Å². The highest BCUT2D eigenvalue weighted by molar-refractivity contribution is 5.80. The lowest BCUT2D eigenvalue weighted by Gasteiger charge is -2.20. The van der Waals surface area contributed by atoms with Crippen molar-refractivity contribution in [3.63, 3.8) is 0 Å². The standard InChI is InChI=1S/C22H18N4O2/c1-27-19-11-15(3-7-23)21(16(12-19)4-8-24)22-17(5-9-25)13-20(28-2)14-18(22)6-10-26/h11-14H,3-6H2,1-2H3. The van der Waals surface area contributed by atoms with Crippen molar-refractivity contribution < 1.29 is 9.47 Å². The molecular weight excluding hydrogens is 352 g/mol. The van der Waals surface area contributed by atoms with Crippen molar-refractivity contribution in [3.8, 4) is 46.9 Å². The van der Waals surface area contributed by atoms with Gasteiger partial charge in [-0.3, -0.25) is 0 Å². The van der Waals surface area contributed by atoms with E-state index < -0.39 is 0 Å². The Balaban J connectivity index is 2.96. The first kappa shape index (κ1) is 20.3. The topological polar surface area (TPSA) is 114 Å². The van der Waals surface area contributed by atoms with E-state index >= 15 is 0 Å². The van der Waals surface area contributed by atoms with Crippen LogP contribution in [0.3, 0.4) is 0 Å². The molecular formula is C22H18N4O2. The highest BCUT2D eigenvalue weighted by Gasteiger charge is 2.21. The highest BCUT2D eigenvalue weighted by Crippen LogP contribution is 2.39. The zero-order valence-electron chi connectivity index (χ0n) is 15.7. The van der Waals surface area contributed by atoms with Crippen molar-refractivity contribution >= 4 is 0 Å². The smallest absolute Gasteiger partial charge is 0.119 e. The summed E-state index contributed by atoms with van der Waals surface area (Å²) >= 11 is 0. The summed E-state index contributed by atoms with van der Waals surface area (Å²) in [6.07, 6.45) is 0.425. The second kappa shape index (κ2) is 9.63. The van der Waals surface area contributed by atoms with Crippen LogP contribution in [-0.2, 0) is 25.7 Å². The van der Waals surface area contributed by atoms with Gasteiger partial charge in [0.15, 0.2) is 0 Å². The van der Waals surface area contributed by atoms with Crippen molar-refractivity contribution in [1.29, 1.82) is 21.0 Å². The summed E-state index contributed by atoms with van der Waals surface area (Å²) in [5.41, 5.74) is 4.18. The maximum Gasteiger partial charge on any atom is 0.119 e.